The number of benzene rings is 1. The van der Waals surface area contributed by atoms with Crippen LogP contribution in [0.1, 0.15) is 97.3 Å². The van der Waals surface area contributed by atoms with Gasteiger partial charge in [0.15, 0.2) is 14.6 Å². The van der Waals surface area contributed by atoms with Gasteiger partial charge in [0.1, 0.15) is 0 Å². The summed E-state index contributed by atoms with van der Waals surface area (Å²) < 4.78 is 18.9. The molecule has 2 rings (SSSR count). The van der Waals surface area contributed by atoms with Gasteiger partial charge in [-0.15, -0.1) is 0 Å². The topological polar surface area (TPSA) is 65.0 Å². The second-order valence-electron chi connectivity index (χ2n) is 12.7. The molecule has 200 valence electrons. The summed E-state index contributed by atoms with van der Waals surface area (Å²) in [6.45, 7) is 19.4. The van der Waals surface area contributed by atoms with E-state index in [0.717, 1.165) is 62.9 Å². The molecule has 0 spiro atoms. The predicted molar refractivity (Wildman–Crippen MR) is 145 cm³/mol. The van der Waals surface area contributed by atoms with Crippen LogP contribution in [0.3, 0.4) is 0 Å². The van der Waals surface area contributed by atoms with Crippen LogP contribution in [-0.2, 0) is 25.1 Å². The Kier molecular flexibility index (Phi) is 11.0. The normalized spacial score (nSPS) is 19.4. The molecule has 1 aromatic rings. The molecule has 0 amide bonds. The molecule has 1 N–H and O–H groups in total. The minimum absolute atomic E-state index is 0.0599. The zero-order chi connectivity index (χ0) is 26.3. The van der Waals surface area contributed by atoms with Crippen LogP contribution in [-0.4, -0.2) is 38.9 Å². The number of aliphatic carboxylic acids is 1. The van der Waals surface area contributed by atoms with E-state index in [2.05, 4.69) is 59.8 Å². The standard InChI is InChI=1S/C29H50O5Si/c1-22(27(30)31)19-23-13-11-14-24(20-23)25(34-26-16-9-10-18-32-26)15-12-17-29(5,6)21-33-35(7,8)28(2,3)4/h11,13-14,20,22,25-26H,9-10,12,15-19,21H2,1-8H3,(H,30,31)/t22-,25?,26?/m0/s1. The maximum absolute atomic E-state index is 11.3. The van der Waals surface area contributed by atoms with Crippen LogP contribution in [0.4, 0.5) is 0 Å². The third-order valence-electron chi connectivity index (χ3n) is 7.69. The van der Waals surface area contributed by atoms with E-state index in [9.17, 15) is 9.90 Å². The van der Waals surface area contributed by atoms with Crippen molar-refractivity contribution in [3.05, 3.63) is 35.4 Å². The third kappa shape index (κ3) is 9.99. The summed E-state index contributed by atoms with van der Waals surface area (Å²) in [6.07, 6.45) is 6.44. The van der Waals surface area contributed by atoms with Crippen LogP contribution in [0.5, 0.6) is 0 Å². The Morgan fingerprint density at radius 1 is 1.20 bits per heavy atom. The summed E-state index contributed by atoms with van der Waals surface area (Å²) in [5.74, 6) is -1.17. The molecule has 3 atom stereocenters. The molecule has 1 aromatic carbocycles. The fraction of sp³-hybridized carbons (Fsp3) is 0.759. The molecular formula is C29H50O5Si. The summed E-state index contributed by atoms with van der Waals surface area (Å²) in [4.78, 5) is 11.3. The van der Waals surface area contributed by atoms with Gasteiger partial charge in [0.05, 0.1) is 12.0 Å². The number of hydrogen-bond acceptors (Lipinski definition) is 4. The summed E-state index contributed by atoms with van der Waals surface area (Å²) in [7, 11) is -1.77. The third-order valence-corrected chi connectivity index (χ3v) is 12.2. The number of ether oxygens (including phenoxy) is 2. The lowest BCUT2D eigenvalue weighted by Crippen LogP contribution is -2.43. The first-order valence-electron chi connectivity index (χ1n) is 13.4. The fourth-order valence-corrected chi connectivity index (χ4v) is 5.29. The van der Waals surface area contributed by atoms with E-state index in [1.165, 1.54) is 0 Å². The van der Waals surface area contributed by atoms with Gasteiger partial charge in [-0.3, -0.25) is 4.79 Å². The van der Waals surface area contributed by atoms with E-state index in [1.54, 1.807) is 6.92 Å². The lowest BCUT2D eigenvalue weighted by atomic mass is 9.87. The first-order chi connectivity index (χ1) is 16.2. The Morgan fingerprint density at radius 2 is 1.91 bits per heavy atom. The van der Waals surface area contributed by atoms with Crippen LogP contribution in [0.15, 0.2) is 24.3 Å². The van der Waals surface area contributed by atoms with Gasteiger partial charge in [0.2, 0.25) is 0 Å². The van der Waals surface area contributed by atoms with Gasteiger partial charge in [-0.1, -0.05) is 65.8 Å². The molecule has 35 heavy (non-hydrogen) atoms. The lowest BCUT2D eigenvalue weighted by Gasteiger charge is -2.39. The van der Waals surface area contributed by atoms with Gasteiger partial charge in [-0.05, 0) is 79.6 Å². The molecule has 5 nitrogen and oxygen atoms in total. The van der Waals surface area contributed by atoms with Crippen molar-refractivity contribution < 1.29 is 23.8 Å². The summed E-state index contributed by atoms with van der Waals surface area (Å²) in [5, 5.41) is 9.53. The second-order valence-corrected chi connectivity index (χ2v) is 17.5. The molecule has 0 radical (unpaired) electrons. The highest BCUT2D eigenvalue weighted by atomic mass is 28.4. The number of rotatable bonds is 13. The molecule has 1 aliphatic rings. The molecule has 1 heterocycles. The van der Waals surface area contributed by atoms with Crippen LogP contribution in [0, 0.1) is 11.3 Å². The Bertz CT molecular complexity index is 793. The molecule has 0 saturated carbocycles. The van der Waals surface area contributed by atoms with E-state index in [-0.39, 0.29) is 22.8 Å². The molecule has 1 fully saturated rings. The van der Waals surface area contributed by atoms with Crippen molar-refractivity contribution in [2.75, 3.05) is 13.2 Å². The Labute approximate surface area is 215 Å². The monoisotopic (exact) mass is 506 g/mol. The van der Waals surface area contributed by atoms with Gasteiger partial charge in [0.25, 0.3) is 0 Å². The highest BCUT2D eigenvalue weighted by Crippen LogP contribution is 2.39. The smallest absolute Gasteiger partial charge is 0.306 e. The van der Waals surface area contributed by atoms with Crippen molar-refractivity contribution in [1.82, 2.24) is 0 Å². The van der Waals surface area contributed by atoms with Crippen molar-refractivity contribution in [2.45, 2.75) is 117 Å². The van der Waals surface area contributed by atoms with Crippen LogP contribution < -0.4 is 0 Å². The van der Waals surface area contributed by atoms with E-state index in [0.29, 0.717) is 6.42 Å². The number of carbonyl (C=O) groups is 1. The van der Waals surface area contributed by atoms with Crippen molar-refractivity contribution in [1.29, 1.82) is 0 Å². The second kappa shape index (κ2) is 12.8. The van der Waals surface area contributed by atoms with Crippen LogP contribution >= 0.6 is 0 Å². The minimum atomic E-state index is -1.77. The van der Waals surface area contributed by atoms with Crippen molar-refractivity contribution in [3.8, 4) is 0 Å². The molecule has 6 heteroatoms. The molecule has 0 aliphatic carbocycles. The van der Waals surface area contributed by atoms with Gasteiger partial charge < -0.3 is 19.0 Å². The first kappa shape index (κ1) is 30.0. The van der Waals surface area contributed by atoms with E-state index in [1.807, 2.05) is 12.1 Å². The number of carboxylic acid groups (broad SMARTS) is 1. The van der Waals surface area contributed by atoms with Crippen molar-refractivity contribution in [2.24, 2.45) is 11.3 Å². The van der Waals surface area contributed by atoms with E-state index >= 15 is 0 Å². The average Bonchev–Trinajstić information content (AvgIpc) is 2.77. The highest BCUT2D eigenvalue weighted by Gasteiger charge is 2.38. The Morgan fingerprint density at radius 3 is 2.51 bits per heavy atom. The zero-order valence-corrected chi connectivity index (χ0v) is 24.5. The van der Waals surface area contributed by atoms with Crippen molar-refractivity contribution in [3.63, 3.8) is 0 Å². The van der Waals surface area contributed by atoms with E-state index < -0.39 is 20.2 Å². The lowest BCUT2D eigenvalue weighted by molar-refractivity contribution is -0.191. The SMILES string of the molecule is C[C@@H](Cc1cccc(C(CCCC(C)(C)CO[Si](C)(C)C(C)(C)C)OC2CCCCO2)c1)C(=O)O. The molecule has 2 unspecified atom stereocenters. The van der Waals surface area contributed by atoms with Gasteiger partial charge in [0, 0.05) is 13.2 Å². The largest absolute Gasteiger partial charge is 0.481 e. The zero-order valence-electron chi connectivity index (χ0n) is 23.5. The maximum Gasteiger partial charge on any atom is 0.306 e. The Balaban J connectivity index is 2.05. The average molecular weight is 507 g/mol. The highest BCUT2D eigenvalue weighted by molar-refractivity contribution is 6.74. The molecule has 1 aliphatic heterocycles. The minimum Gasteiger partial charge on any atom is -0.481 e. The molecule has 0 bridgehead atoms. The van der Waals surface area contributed by atoms with Crippen molar-refractivity contribution >= 4 is 14.3 Å². The molecular weight excluding hydrogens is 456 g/mol. The fourth-order valence-electron chi connectivity index (χ4n) is 4.11. The van der Waals surface area contributed by atoms with Crippen LogP contribution in [0.2, 0.25) is 18.1 Å². The summed E-state index contributed by atoms with van der Waals surface area (Å²) >= 11 is 0. The molecule has 0 aromatic heterocycles. The van der Waals surface area contributed by atoms with Gasteiger partial charge >= 0.3 is 5.97 Å². The quantitative estimate of drug-likeness (QED) is 0.277. The van der Waals surface area contributed by atoms with Gasteiger partial charge in [-0.2, -0.15) is 0 Å². The van der Waals surface area contributed by atoms with E-state index in [4.69, 9.17) is 13.9 Å². The summed E-state index contributed by atoms with van der Waals surface area (Å²) in [6, 6.07) is 8.26. The predicted octanol–water partition coefficient (Wildman–Crippen LogP) is 7.75. The Hall–Kier alpha value is -1.21. The first-order valence-corrected chi connectivity index (χ1v) is 16.3. The number of hydrogen-bond donors (Lipinski definition) is 1. The summed E-state index contributed by atoms with van der Waals surface area (Å²) in [5.41, 5.74) is 2.25. The number of carboxylic acids is 1. The van der Waals surface area contributed by atoms with Crippen LogP contribution in [0.25, 0.3) is 0 Å². The van der Waals surface area contributed by atoms with Gasteiger partial charge in [-0.25, -0.2) is 0 Å². The maximum atomic E-state index is 11.3. The molecule has 1 saturated heterocycles.